The second-order valence-electron chi connectivity index (χ2n) is 2.56. The van der Waals surface area contributed by atoms with Crippen LogP contribution in [0, 0.1) is 0 Å². The van der Waals surface area contributed by atoms with Crippen LogP contribution >= 0.6 is 0 Å². The minimum atomic E-state index is -2.20. The summed E-state index contributed by atoms with van der Waals surface area (Å²) in [4.78, 5) is 0. The van der Waals surface area contributed by atoms with Gasteiger partial charge in [0.05, 0.1) is 7.98 Å². The molecule has 0 aromatic heterocycles. The minimum Gasteiger partial charge on any atom is -0.394 e. The van der Waals surface area contributed by atoms with Crippen molar-refractivity contribution in [3.63, 3.8) is 0 Å². The molecule has 0 saturated carbocycles. The van der Waals surface area contributed by atoms with Crippen molar-refractivity contribution in [2.75, 3.05) is 6.61 Å². The van der Waals surface area contributed by atoms with Crippen LogP contribution in [0.4, 0.5) is 0 Å². The van der Waals surface area contributed by atoms with Crippen LogP contribution in [0.1, 0.15) is 1.37 Å². The first-order chi connectivity index (χ1) is 5.92. The van der Waals surface area contributed by atoms with Gasteiger partial charge in [-0.1, -0.05) is 0 Å². The molecule has 5 N–H and O–H groups in total. The predicted molar refractivity (Wildman–Crippen MR) is 36.0 cm³/mol. The Labute approximate surface area is 70.0 Å². The number of aliphatic hydroxyl groups excluding tert-OH is 5. The molecule has 0 bridgehead atoms. The summed E-state index contributed by atoms with van der Waals surface area (Å²) in [6, 6.07) is 0. The normalized spacial score (nSPS) is 56.6. The highest BCUT2D eigenvalue weighted by Gasteiger charge is 2.42. The third kappa shape index (κ3) is 1.58. The smallest absolute Gasteiger partial charge is 0.184 e. The zero-order valence-corrected chi connectivity index (χ0v) is 6.16. The van der Waals surface area contributed by atoms with Gasteiger partial charge >= 0.3 is 0 Å². The second kappa shape index (κ2) is 3.65. The van der Waals surface area contributed by atoms with Gasteiger partial charge in [-0.05, 0) is 0 Å². The van der Waals surface area contributed by atoms with E-state index < -0.39 is 37.3 Å². The first-order valence-electron chi connectivity index (χ1n) is 3.93. The van der Waals surface area contributed by atoms with Gasteiger partial charge in [-0.25, -0.2) is 0 Å². The zero-order chi connectivity index (χ0) is 10.2. The molecule has 72 valence electrons. The van der Waals surface area contributed by atoms with Gasteiger partial charge in [0.25, 0.3) is 0 Å². The van der Waals surface area contributed by atoms with Crippen molar-refractivity contribution in [3.8, 4) is 0 Å². The van der Waals surface area contributed by atoms with Crippen LogP contribution in [0.25, 0.3) is 0 Å². The largest absolute Gasteiger partial charge is 0.394 e. The number of aliphatic hydroxyl groups is 5. The van der Waals surface area contributed by atoms with E-state index in [0.29, 0.717) is 0 Å². The summed E-state index contributed by atoms with van der Waals surface area (Å²) >= 11 is 0. The Morgan fingerprint density at radius 2 is 1.67 bits per heavy atom. The van der Waals surface area contributed by atoms with Crippen molar-refractivity contribution in [3.05, 3.63) is 0 Å². The van der Waals surface area contributed by atoms with E-state index in [-0.39, 0.29) is 0 Å². The van der Waals surface area contributed by atoms with Crippen LogP contribution in [-0.2, 0) is 4.74 Å². The van der Waals surface area contributed by atoms with Crippen LogP contribution < -0.4 is 0 Å². The molecule has 0 aliphatic carbocycles. The van der Waals surface area contributed by atoms with Gasteiger partial charge in [0, 0.05) is 0 Å². The van der Waals surface area contributed by atoms with Gasteiger partial charge < -0.3 is 30.3 Å². The second-order valence-corrected chi connectivity index (χ2v) is 2.56. The molecule has 1 fully saturated rings. The van der Waals surface area contributed by atoms with Crippen molar-refractivity contribution < 1.29 is 31.6 Å². The Bertz CT molecular complexity index is 190. The van der Waals surface area contributed by atoms with E-state index in [2.05, 4.69) is 4.74 Å². The summed E-state index contributed by atoms with van der Waals surface area (Å²) in [6.45, 7) is -0.894. The summed E-state index contributed by atoms with van der Waals surface area (Å²) < 4.78 is 11.7. The van der Waals surface area contributed by atoms with Gasteiger partial charge in [-0.3, -0.25) is 0 Å². The third-order valence-corrected chi connectivity index (χ3v) is 1.72. The van der Waals surface area contributed by atoms with Crippen molar-refractivity contribution >= 4 is 0 Å². The maximum Gasteiger partial charge on any atom is 0.184 e. The Kier molecular flexibility index (Phi) is 2.54. The fraction of sp³-hybridized carbons (Fsp3) is 1.00. The van der Waals surface area contributed by atoms with Crippen LogP contribution in [0.2, 0.25) is 0 Å². The lowest BCUT2D eigenvalue weighted by Crippen LogP contribution is -2.58. The number of ether oxygens (including phenoxy) is 1. The Morgan fingerprint density at radius 1 is 1.08 bits per heavy atom. The molecular formula is C6H12O6. The average Bonchev–Trinajstić information content (AvgIpc) is 2.12. The van der Waals surface area contributed by atoms with E-state index in [1.807, 2.05) is 0 Å². The van der Waals surface area contributed by atoms with Crippen LogP contribution in [-0.4, -0.2) is 62.8 Å². The number of rotatable bonds is 1. The minimum absolute atomic E-state index is 0.894. The highest BCUT2D eigenvalue weighted by Crippen LogP contribution is 2.18. The van der Waals surface area contributed by atoms with E-state index in [1.165, 1.54) is 0 Å². The maximum absolute atomic E-state index is 9.19. The molecule has 6 heteroatoms. The van der Waals surface area contributed by atoms with E-state index >= 15 is 0 Å². The molecule has 0 aromatic rings. The van der Waals surface area contributed by atoms with E-state index in [1.54, 1.807) is 0 Å². The average molecular weight is 181 g/mol. The first-order valence-corrected chi connectivity index (χ1v) is 3.43. The van der Waals surface area contributed by atoms with Crippen molar-refractivity contribution in [2.45, 2.75) is 30.7 Å². The Morgan fingerprint density at radius 3 is 2.17 bits per heavy atom. The molecule has 12 heavy (non-hydrogen) atoms. The molecule has 1 aliphatic rings. The Balaban J connectivity index is 2.82. The molecule has 1 unspecified atom stereocenters. The lowest BCUT2D eigenvalue weighted by atomic mass is 10.00. The highest BCUT2D eigenvalue weighted by atomic mass is 16.6. The molecule has 6 nitrogen and oxygen atoms in total. The predicted octanol–water partition coefficient (Wildman–Crippen LogP) is -3.22. The van der Waals surface area contributed by atoms with Crippen LogP contribution in [0.3, 0.4) is 0 Å². The summed E-state index contributed by atoms with van der Waals surface area (Å²) in [7, 11) is 0. The molecule has 0 radical (unpaired) electrons. The maximum atomic E-state index is 9.19. The molecule has 1 aliphatic heterocycles. The quantitative estimate of drug-likeness (QED) is 0.291. The lowest BCUT2D eigenvalue weighted by Gasteiger charge is -2.37. The number of hydrogen-bond acceptors (Lipinski definition) is 6. The summed E-state index contributed by atoms with van der Waals surface area (Å²) in [5.74, 6) is 0. The highest BCUT2D eigenvalue weighted by molar-refractivity contribution is 4.87. The Hall–Kier alpha value is -0.240. The van der Waals surface area contributed by atoms with Gasteiger partial charge in [-0.15, -0.1) is 0 Å². The lowest BCUT2D eigenvalue weighted by molar-refractivity contribution is -0.286. The molecule has 1 heterocycles. The molecule has 0 amide bonds. The molecule has 1 saturated heterocycles. The van der Waals surface area contributed by atoms with E-state index in [0.717, 1.165) is 0 Å². The van der Waals surface area contributed by atoms with Crippen LogP contribution in [0.5, 0.6) is 0 Å². The molecule has 5 atom stereocenters. The van der Waals surface area contributed by atoms with Gasteiger partial charge in [0.1, 0.15) is 24.4 Å². The SMILES string of the molecule is [2H][C@]1(CO)OC(O)[C@H](O)[C@@H](O)[C@@H]1O. The van der Waals surface area contributed by atoms with Crippen molar-refractivity contribution in [1.82, 2.24) is 0 Å². The molecular weight excluding hydrogens is 168 g/mol. The summed E-state index contributed by atoms with van der Waals surface area (Å²) in [5.41, 5.74) is 0. The third-order valence-electron chi connectivity index (χ3n) is 1.72. The fourth-order valence-electron chi connectivity index (χ4n) is 0.971. The van der Waals surface area contributed by atoms with E-state index in [4.69, 9.17) is 21.8 Å². The van der Waals surface area contributed by atoms with Gasteiger partial charge in [-0.2, -0.15) is 0 Å². The van der Waals surface area contributed by atoms with E-state index in [9.17, 15) is 5.11 Å². The van der Waals surface area contributed by atoms with Gasteiger partial charge in [0.15, 0.2) is 6.29 Å². The fourth-order valence-corrected chi connectivity index (χ4v) is 0.971. The number of hydrogen-bond donors (Lipinski definition) is 5. The van der Waals surface area contributed by atoms with Crippen LogP contribution in [0.15, 0.2) is 0 Å². The van der Waals surface area contributed by atoms with Gasteiger partial charge in [0.2, 0.25) is 0 Å². The monoisotopic (exact) mass is 181 g/mol. The standard InChI is InChI=1S/C6H12O6/c7-1-2-3(8)4(9)5(10)6(11)12-2/h2-11H,1H2/t2-,3-,4+,5-,6?/m1/s1/i2D. The summed E-state index contributed by atoms with van der Waals surface area (Å²) in [5, 5.41) is 44.9. The molecule has 0 aromatic carbocycles. The molecule has 0 spiro atoms. The summed E-state index contributed by atoms with van der Waals surface area (Å²) in [6.07, 6.45) is -9.15. The van der Waals surface area contributed by atoms with Crippen molar-refractivity contribution in [2.24, 2.45) is 0 Å². The topological polar surface area (TPSA) is 110 Å². The van der Waals surface area contributed by atoms with Crippen molar-refractivity contribution in [1.29, 1.82) is 0 Å². The molecule has 1 rings (SSSR count). The first kappa shape index (κ1) is 8.36. The zero-order valence-electron chi connectivity index (χ0n) is 7.16.